The third-order valence-electron chi connectivity index (χ3n) is 2.44. The number of nitrogens with one attached hydrogen (secondary N) is 1. The van der Waals surface area contributed by atoms with E-state index >= 15 is 0 Å². The van der Waals surface area contributed by atoms with Crippen LogP contribution in [0.4, 0.5) is 0 Å². The molecular weight excluding hydrogens is 322 g/mol. The summed E-state index contributed by atoms with van der Waals surface area (Å²) in [5.74, 6) is 0.411. The van der Waals surface area contributed by atoms with E-state index in [2.05, 4.69) is 31.4 Å². The third kappa shape index (κ3) is 3.89. The van der Waals surface area contributed by atoms with Gasteiger partial charge >= 0.3 is 0 Å². The summed E-state index contributed by atoms with van der Waals surface area (Å²) in [6, 6.07) is 9.03. The molecule has 1 N–H and O–H groups in total. The lowest BCUT2D eigenvalue weighted by Crippen LogP contribution is -2.17. The summed E-state index contributed by atoms with van der Waals surface area (Å²) < 4.78 is 5.84. The Morgan fingerprint density at radius 3 is 3.00 bits per heavy atom. The standard InChI is InChI=1S/C14H12BrN3O2/c1-20-13-4-2-3-10(5-13)7-17-18-14(19)11-6-12(15)9-16-8-11/h2-9H,1H3,(H,18,19). The molecule has 0 saturated heterocycles. The summed E-state index contributed by atoms with van der Waals surface area (Å²) in [6.45, 7) is 0. The number of hydrazone groups is 1. The molecule has 1 aromatic heterocycles. The molecular formula is C14H12BrN3O2. The number of halogens is 1. The highest BCUT2D eigenvalue weighted by Crippen LogP contribution is 2.11. The second-order valence-corrected chi connectivity index (χ2v) is 4.78. The number of carbonyl (C=O) groups is 1. The van der Waals surface area contributed by atoms with Gasteiger partial charge in [0.15, 0.2) is 0 Å². The molecule has 0 bridgehead atoms. The molecule has 1 amide bonds. The van der Waals surface area contributed by atoms with Crippen LogP contribution in [0.1, 0.15) is 15.9 Å². The molecule has 0 atom stereocenters. The molecule has 2 aromatic rings. The largest absolute Gasteiger partial charge is 0.497 e. The Morgan fingerprint density at radius 1 is 1.40 bits per heavy atom. The van der Waals surface area contributed by atoms with Crippen molar-refractivity contribution in [2.24, 2.45) is 5.10 Å². The quantitative estimate of drug-likeness (QED) is 0.691. The fourth-order valence-electron chi connectivity index (χ4n) is 1.49. The van der Waals surface area contributed by atoms with Crippen molar-refractivity contribution < 1.29 is 9.53 Å². The minimum atomic E-state index is -0.321. The van der Waals surface area contributed by atoms with Gasteiger partial charge < -0.3 is 4.74 Å². The maximum Gasteiger partial charge on any atom is 0.272 e. The van der Waals surface area contributed by atoms with Gasteiger partial charge in [0, 0.05) is 16.9 Å². The molecule has 0 fully saturated rings. The zero-order valence-electron chi connectivity index (χ0n) is 10.7. The summed E-state index contributed by atoms with van der Waals surface area (Å²) in [7, 11) is 1.60. The van der Waals surface area contributed by atoms with E-state index in [4.69, 9.17) is 4.74 Å². The van der Waals surface area contributed by atoms with Crippen molar-refractivity contribution in [3.63, 3.8) is 0 Å². The number of rotatable bonds is 4. The van der Waals surface area contributed by atoms with E-state index in [1.54, 1.807) is 25.6 Å². The van der Waals surface area contributed by atoms with Crippen molar-refractivity contribution in [1.82, 2.24) is 10.4 Å². The Hall–Kier alpha value is -2.21. The molecule has 0 aliphatic heterocycles. The molecule has 20 heavy (non-hydrogen) atoms. The Labute approximate surface area is 124 Å². The van der Waals surface area contributed by atoms with E-state index < -0.39 is 0 Å². The molecule has 2 rings (SSSR count). The second-order valence-electron chi connectivity index (χ2n) is 3.87. The zero-order valence-corrected chi connectivity index (χ0v) is 12.3. The summed E-state index contributed by atoms with van der Waals surface area (Å²) in [6.07, 6.45) is 4.63. The van der Waals surface area contributed by atoms with Gasteiger partial charge in [-0.15, -0.1) is 0 Å². The SMILES string of the molecule is COc1cccc(C=NNC(=O)c2cncc(Br)c2)c1. The minimum absolute atomic E-state index is 0.321. The maximum absolute atomic E-state index is 11.8. The maximum atomic E-state index is 11.8. The van der Waals surface area contributed by atoms with Gasteiger partial charge in [-0.25, -0.2) is 5.43 Å². The van der Waals surface area contributed by atoms with Crippen LogP contribution in [0.15, 0.2) is 52.3 Å². The normalized spacial score (nSPS) is 10.5. The highest BCUT2D eigenvalue weighted by Gasteiger charge is 2.04. The number of amides is 1. The predicted octanol–water partition coefficient (Wildman–Crippen LogP) is 2.62. The number of hydrogen-bond acceptors (Lipinski definition) is 4. The summed E-state index contributed by atoms with van der Waals surface area (Å²) >= 11 is 3.26. The van der Waals surface area contributed by atoms with Crippen molar-refractivity contribution in [2.75, 3.05) is 7.11 Å². The third-order valence-corrected chi connectivity index (χ3v) is 2.87. The number of carbonyl (C=O) groups excluding carboxylic acids is 1. The zero-order chi connectivity index (χ0) is 14.4. The van der Waals surface area contributed by atoms with Gasteiger partial charge in [-0.1, -0.05) is 12.1 Å². The molecule has 0 radical (unpaired) electrons. The Bertz CT molecular complexity index is 644. The molecule has 0 aliphatic carbocycles. The van der Waals surface area contributed by atoms with Gasteiger partial charge in [0.1, 0.15) is 5.75 Å². The van der Waals surface area contributed by atoms with Gasteiger partial charge in [0.05, 0.1) is 18.9 Å². The molecule has 102 valence electrons. The van der Waals surface area contributed by atoms with Gasteiger partial charge in [-0.2, -0.15) is 5.10 Å². The smallest absolute Gasteiger partial charge is 0.272 e. The van der Waals surface area contributed by atoms with Crippen LogP contribution in [0.2, 0.25) is 0 Å². The van der Waals surface area contributed by atoms with Crippen LogP contribution >= 0.6 is 15.9 Å². The van der Waals surface area contributed by atoms with Crippen LogP contribution in [-0.4, -0.2) is 24.2 Å². The van der Waals surface area contributed by atoms with Crippen molar-refractivity contribution in [3.8, 4) is 5.75 Å². The number of aromatic nitrogens is 1. The predicted molar refractivity (Wildman–Crippen MR) is 80.0 cm³/mol. The fourth-order valence-corrected chi connectivity index (χ4v) is 1.85. The number of pyridine rings is 1. The lowest BCUT2D eigenvalue weighted by molar-refractivity contribution is 0.0954. The van der Waals surface area contributed by atoms with Crippen molar-refractivity contribution in [1.29, 1.82) is 0 Å². The second kappa shape index (κ2) is 6.81. The topological polar surface area (TPSA) is 63.6 Å². The van der Waals surface area contributed by atoms with Gasteiger partial charge in [0.25, 0.3) is 5.91 Å². The van der Waals surface area contributed by atoms with E-state index in [9.17, 15) is 4.79 Å². The van der Waals surface area contributed by atoms with Gasteiger partial charge in [-0.05, 0) is 39.7 Å². The number of hydrogen-bond donors (Lipinski definition) is 1. The summed E-state index contributed by atoms with van der Waals surface area (Å²) in [5.41, 5.74) is 3.70. The van der Waals surface area contributed by atoms with E-state index in [0.717, 1.165) is 15.8 Å². The number of ether oxygens (including phenoxy) is 1. The van der Waals surface area contributed by atoms with E-state index in [1.807, 2.05) is 24.3 Å². The van der Waals surface area contributed by atoms with Crippen molar-refractivity contribution in [3.05, 3.63) is 58.3 Å². The summed E-state index contributed by atoms with van der Waals surface area (Å²) in [5, 5.41) is 3.90. The first-order valence-electron chi connectivity index (χ1n) is 5.77. The van der Waals surface area contributed by atoms with Crippen LogP contribution < -0.4 is 10.2 Å². The Morgan fingerprint density at radius 2 is 2.25 bits per heavy atom. The monoisotopic (exact) mass is 333 g/mol. The molecule has 0 unspecified atom stereocenters. The lowest BCUT2D eigenvalue weighted by Gasteiger charge is -2.01. The van der Waals surface area contributed by atoms with Crippen LogP contribution in [0.5, 0.6) is 5.75 Å². The van der Waals surface area contributed by atoms with E-state index in [-0.39, 0.29) is 5.91 Å². The minimum Gasteiger partial charge on any atom is -0.497 e. The lowest BCUT2D eigenvalue weighted by atomic mass is 10.2. The van der Waals surface area contributed by atoms with E-state index in [0.29, 0.717) is 5.56 Å². The first-order valence-corrected chi connectivity index (χ1v) is 6.56. The van der Waals surface area contributed by atoms with Crippen LogP contribution in [0.3, 0.4) is 0 Å². The molecule has 0 saturated carbocycles. The van der Waals surface area contributed by atoms with Crippen LogP contribution in [-0.2, 0) is 0 Å². The molecule has 6 heteroatoms. The number of methoxy groups -OCH3 is 1. The average molecular weight is 334 g/mol. The highest BCUT2D eigenvalue weighted by molar-refractivity contribution is 9.10. The first-order chi connectivity index (χ1) is 9.69. The number of benzene rings is 1. The summed E-state index contributed by atoms with van der Waals surface area (Å²) in [4.78, 5) is 15.7. The molecule has 0 aliphatic rings. The molecule has 1 heterocycles. The van der Waals surface area contributed by atoms with E-state index in [1.165, 1.54) is 6.20 Å². The Kier molecular flexibility index (Phi) is 4.84. The highest BCUT2D eigenvalue weighted by atomic mass is 79.9. The molecule has 1 aromatic carbocycles. The van der Waals surface area contributed by atoms with Gasteiger partial charge in [0.2, 0.25) is 0 Å². The van der Waals surface area contributed by atoms with Crippen molar-refractivity contribution in [2.45, 2.75) is 0 Å². The fraction of sp³-hybridized carbons (Fsp3) is 0.0714. The van der Waals surface area contributed by atoms with Gasteiger partial charge in [-0.3, -0.25) is 9.78 Å². The average Bonchev–Trinajstić information content (AvgIpc) is 2.47. The molecule has 5 nitrogen and oxygen atoms in total. The Balaban J connectivity index is 2.00. The van der Waals surface area contributed by atoms with Crippen LogP contribution in [0, 0.1) is 0 Å². The first kappa shape index (κ1) is 14.2. The van der Waals surface area contributed by atoms with Crippen LogP contribution in [0.25, 0.3) is 0 Å². The molecule has 0 spiro atoms. The van der Waals surface area contributed by atoms with Crippen molar-refractivity contribution >= 4 is 28.1 Å². The number of nitrogens with zero attached hydrogens (tertiary/aromatic N) is 2.